The van der Waals surface area contributed by atoms with Crippen LogP contribution in [0.25, 0.3) is 0 Å². The fourth-order valence-corrected chi connectivity index (χ4v) is 1.62. The molecule has 1 aliphatic heterocycles. The van der Waals surface area contributed by atoms with Gasteiger partial charge in [-0.2, -0.15) is 0 Å². The van der Waals surface area contributed by atoms with Gasteiger partial charge in [-0.1, -0.05) is 0 Å². The minimum absolute atomic E-state index is 0.177. The number of primary amides is 1. The quantitative estimate of drug-likeness (QED) is 0.616. The van der Waals surface area contributed by atoms with Gasteiger partial charge >= 0.3 is 0 Å². The Hall–Kier alpha value is -0.900. The first kappa shape index (κ1) is 10.2. The Morgan fingerprint density at radius 3 is 2.46 bits per heavy atom. The molecule has 1 amide bonds. The SMILES string of the molecule is CC(C(N)=O)N1CCC(C=O)CC1. The maximum atomic E-state index is 10.9. The zero-order valence-electron chi connectivity index (χ0n) is 7.90. The summed E-state index contributed by atoms with van der Waals surface area (Å²) >= 11 is 0. The van der Waals surface area contributed by atoms with Crippen molar-refractivity contribution < 1.29 is 9.59 Å². The van der Waals surface area contributed by atoms with E-state index in [-0.39, 0.29) is 17.9 Å². The van der Waals surface area contributed by atoms with Gasteiger partial charge in [0.2, 0.25) is 5.91 Å². The van der Waals surface area contributed by atoms with Crippen molar-refractivity contribution >= 4 is 12.2 Å². The van der Waals surface area contributed by atoms with Gasteiger partial charge in [0.15, 0.2) is 0 Å². The Labute approximate surface area is 78.1 Å². The molecule has 1 unspecified atom stereocenters. The van der Waals surface area contributed by atoms with Gasteiger partial charge in [0.25, 0.3) is 0 Å². The lowest BCUT2D eigenvalue weighted by molar-refractivity contribution is -0.123. The molecular weight excluding hydrogens is 168 g/mol. The number of rotatable bonds is 3. The van der Waals surface area contributed by atoms with Crippen LogP contribution >= 0.6 is 0 Å². The minimum atomic E-state index is -0.287. The van der Waals surface area contributed by atoms with Crippen LogP contribution in [0.5, 0.6) is 0 Å². The normalized spacial score (nSPS) is 22.5. The number of carbonyl (C=O) groups is 2. The Morgan fingerprint density at radius 2 is 2.08 bits per heavy atom. The number of hydrogen-bond acceptors (Lipinski definition) is 3. The molecule has 0 spiro atoms. The second-order valence-electron chi connectivity index (χ2n) is 3.59. The molecule has 74 valence electrons. The Morgan fingerprint density at radius 1 is 1.54 bits per heavy atom. The summed E-state index contributed by atoms with van der Waals surface area (Å²) in [5.74, 6) is -0.110. The number of likely N-dealkylation sites (tertiary alicyclic amines) is 1. The molecule has 1 fully saturated rings. The maximum absolute atomic E-state index is 10.9. The summed E-state index contributed by atoms with van der Waals surface area (Å²) in [6.45, 7) is 3.41. The van der Waals surface area contributed by atoms with Crippen LogP contribution in [0, 0.1) is 5.92 Å². The van der Waals surface area contributed by atoms with E-state index in [1.165, 1.54) is 0 Å². The lowest BCUT2D eigenvalue weighted by Gasteiger charge is -2.32. The van der Waals surface area contributed by atoms with E-state index in [4.69, 9.17) is 5.73 Å². The van der Waals surface area contributed by atoms with Crippen LogP contribution < -0.4 is 5.73 Å². The number of hydrogen-bond donors (Lipinski definition) is 1. The van der Waals surface area contributed by atoms with E-state index in [1.54, 1.807) is 0 Å². The second kappa shape index (κ2) is 4.37. The Balaban J connectivity index is 2.40. The summed E-state index contributed by atoms with van der Waals surface area (Å²) < 4.78 is 0. The molecule has 1 rings (SSSR count). The number of piperidine rings is 1. The highest BCUT2D eigenvalue weighted by atomic mass is 16.1. The van der Waals surface area contributed by atoms with Crippen LogP contribution in [-0.4, -0.2) is 36.2 Å². The fraction of sp³-hybridized carbons (Fsp3) is 0.778. The lowest BCUT2D eigenvalue weighted by atomic mass is 9.97. The zero-order valence-corrected chi connectivity index (χ0v) is 7.90. The number of nitrogens with two attached hydrogens (primary N) is 1. The van der Waals surface area contributed by atoms with Crippen molar-refractivity contribution in [3.63, 3.8) is 0 Å². The molecule has 0 aliphatic carbocycles. The van der Waals surface area contributed by atoms with Gasteiger partial charge in [-0.05, 0) is 32.9 Å². The molecule has 1 aliphatic rings. The summed E-state index contributed by atoms with van der Waals surface area (Å²) in [6, 6.07) is -0.201. The summed E-state index contributed by atoms with van der Waals surface area (Å²) in [6.07, 6.45) is 2.70. The van der Waals surface area contributed by atoms with Gasteiger partial charge in [-0.25, -0.2) is 0 Å². The third-order valence-electron chi connectivity index (χ3n) is 2.73. The standard InChI is InChI=1S/C9H16N2O2/c1-7(9(10)13)11-4-2-8(6-12)3-5-11/h6-8H,2-5H2,1H3,(H2,10,13). The van der Waals surface area contributed by atoms with Crippen LogP contribution in [0.15, 0.2) is 0 Å². The largest absolute Gasteiger partial charge is 0.368 e. The van der Waals surface area contributed by atoms with E-state index in [0.29, 0.717) is 0 Å². The molecule has 4 heteroatoms. The van der Waals surface area contributed by atoms with Crippen molar-refractivity contribution in [1.29, 1.82) is 0 Å². The van der Waals surface area contributed by atoms with Gasteiger partial charge in [-0.3, -0.25) is 9.69 Å². The second-order valence-corrected chi connectivity index (χ2v) is 3.59. The number of amides is 1. The first-order chi connectivity index (χ1) is 6.15. The molecular formula is C9H16N2O2. The molecule has 2 N–H and O–H groups in total. The Kier molecular flexibility index (Phi) is 3.42. The van der Waals surface area contributed by atoms with E-state index in [1.807, 2.05) is 11.8 Å². The van der Waals surface area contributed by atoms with Crippen molar-refractivity contribution in [2.24, 2.45) is 11.7 Å². The third kappa shape index (κ3) is 2.52. The maximum Gasteiger partial charge on any atom is 0.234 e. The molecule has 1 atom stereocenters. The summed E-state index contributed by atoms with van der Waals surface area (Å²) in [4.78, 5) is 23.4. The van der Waals surface area contributed by atoms with Gasteiger partial charge in [0.05, 0.1) is 6.04 Å². The van der Waals surface area contributed by atoms with Crippen LogP contribution in [0.2, 0.25) is 0 Å². The van der Waals surface area contributed by atoms with E-state index >= 15 is 0 Å². The van der Waals surface area contributed by atoms with Crippen LogP contribution in [0.4, 0.5) is 0 Å². The first-order valence-electron chi connectivity index (χ1n) is 4.64. The molecule has 0 aromatic carbocycles. The summed E-state index contributed by atoms with van der Waals surface area (Å²) in [5.41, 5.74) is 5.18. The molecule has 0 aromatic rings. The number of nitrogens with zero attached hydrogens (tertiary/aromatic N) is 1. The van der Waals surface area contributed by atoms with Gasteiger partial charge in [0.1, 0.15) is 6.29 Å². The van der Waals surface area contributed by atoms with E-state index in [0.717, 1.165) is 32.2 Å². The van der Waals surface area contributed by atoms with Gasteiger partial charge < -0.3 is 10.5 Å². The van der Waals surface area contributed by atoms with Crippen molar-refractivity contribution in [1.82, 2.24) is 4.90 Å². The molecule has 0 radical (unpaired) electrons. The first-order valence-corrected chi connectivity index (χ1v) is 4.64. The average Bonchev–Trinajstić information content (AvgIpc) is 2.17. The molecule has 0 saturated carbocycles. The molecule has 1 heterocycles. The number of carbonyl (C=O) groups excluding carboxylic acids is 2. The Bertz CT molecular complexity index is 198. The monoisotopic (exact) mass is 184 g/mol. The highest BCUT2D eigenvalue weighted by Crippen LogP contribution is 2.16. The van der Waals surface area contributed by atoms with Crippen LogP contribution in [-0.2, 0) is 9.59 Å². The predicted octanol–water partition coefficient (Wildman–Crippen LogP) is -0.229. The van der Waals surface area contributed by atoms with Crippen LogP contribution in [0.1, 0.15) is 19.8 Å². The van der Waals surface area contributed by atoms with Crippen molar-refractivity contribution in [3.8, 4) is 0 Å². The van der Waals surface area contributed by atoms with E-state index in [2.05, 4.69) is 0 Å². The lowest BCUT2D eigenvalue weighted by Crippen LogP contribution is -2.46. The molecule has 13 heavy (non-hydrogen) atoms. The van der Waals surface area contributed by atoms with Crippen molar-refractivity contribution in [2.45, 2.75) is 25.8 Å². The fourth-order valence-electron chi connectivity index (χ4n) is 1.62. The van der Waals surface area contributed by atoms with E-state index < -0.39 is 0 Å². The predicted molar refractivity (Wildman–Crippen MR) is 49.0 cm³/mol. The third-order valence-corrected chi connectivity index (χ3v) is 2.73. The minimum Gasteiger partial charge on any atom is -0.368 e. The van der Waals surface area contributed by atoms with Crippen molar-refractivity contribution in [3.05, 3.63) is 0 Å². The molecule has 0 bridgehead atoms. The smallest absolute Gasteiger partial charge is 0.234 e. The average molecular weight is 184 g/mol. The highest BCUT2D eigenvalue weighted by Gasteiger charge is 2.24. The zero-order chi connectivity index (χ0) is 9.84. The summed E-state index contributed by atoms with van der Waals surface area (Å²) in [5, 5.41) is 0. The highest BCUT2D eigenvalue weighted by molar-refractivity contribution is 5.79. The molecule has 1 saturated heterocycles. The number of aldehydes is 1. The topological polar surface area (TPSA) is 63.4 Å². The summed E-state index contributed by atoms with van der Waals surface area (Å²) in [7, 11) is 0. The van der Waals surface area contributed by atoms with E-state index in [9.17, 15) is 9.59 Å². The molecule has 0 aromatic heterocycles. The molecule has 4 nitrogen and oxygen atoms in total. The van der Waals surface area contributed by atoms with Gasteiger partial charge in [0, 0.05) is 5.92 Å². The van der Waals surface area contributed by atoms with Gasteiger partial charge in [-0.15, -0.1) is 0 Å². The van der Waals surface area contributed by atoms with Crippen LogP contribution in [0.3, 0.4) is 0 Å². The van der Waals surface area contributed by atoms with Crippen molar-refractivity contribution in [2.75, 3.05) is 13.1 Å².